The molecule has 1 unspecified atom stereocenters. The summed E-state index contributed by atoms with van der Waals surface area (Å²) >= 11 is 0. The van der Waals surface area contributed by atoms with Crippen LogP contribution in [0, 0.1) is 5.82 Å². The highest BCUT2D eigenvalue weighted by atomic mass is 19.4. The number of alkyl halides is 3. The van der Waals surface area contributed by atoms with Crippen molar-refractivity contribution in [3.8, 4) is 22.6 Å². The fraction of sp³-hybridized carbons (Fsp3) is 0.300. The fourth-order valence-corrected chi connectivity index (χ4v) is 4.26. The molecule has 0 amide bonds. The third-order valence-corrected chi connectivity index (χ3v) is 6.24. The van der Waals surface area contributed by atoms with Crippen LogP contribution in [0.15, 0.2) is 67.3 Å². The van der Waals surface area contributed by atoms with Gasteiger partial charge in [-0.1, -0.05) is 42.5 Å². The molecule has 0 saturated heterocycles. The number of halogens is 4. The van der Waals surface area contributed by atoms with Gasteiger partial charge in [0.05, 0.1) is 17.0 Å². The minimum absolute atomic E-state index is 0.0740. The molecule has 11 heteroatoms. The number of carboxylic acid groups (broad SMARTS) is 1. The van der Waals surface area contributed by atoms with E-state index in [0.717, 1.165) is 6.07 Å². The van der Waals surface area contributed by atoms with Crippen LogP contribution in [-0.4, -0.2) is 39.2 Å². The third kappa shape index (κ3) is 7.63. The lowest BCUT2D eigenvalue weighted by Crippen LogP contribution is -2.17. The summed E-state index contributed by atoms with van der Waals surface area (Å²) in [5.41, 5.74) is 0.831. The molecular formula is C30H30F4O7. The van der Waals surface area contributed by atoms with E-state index in [9.17, 15) is 23.1 Å². The molecule has 3 rings (SSSR count). The topological polar surface area (TPSA) is 83.5 Å². The predicted molar refractivity (Wildman–Crippen MR) is 142 cm³/mol. The van der Waals surface area contributed by atoms with Gasteiger partial charge in [0.2, 0.25) is 0 Å². The zero-order chi connectivity index (χ0) is 30.2. The molecule has 0 fully saturated rings. The summed E-state index contributed by atoms with van der Waals surface area (Å²) in [6.45, 7) is 2.79. The lowest BCUT2D eigenvalue weighted by atomic mass is 9.94. The van der Waals surface area contributed by atoms with Crippen molar-refractivity contribution in [2.24, 2.45) is 0 Å². The molecule has 41 heavy (non-hydrogen) atoms. The third-order valence-electron chi connectivity index (χ3n) is 6.24. The number of hydrogen-bond acceptors (Lipinski definition) is 6. The molecule has 0 aromatic heterocycles. The van der Waals surface area contributed by atoms with Gasteiger partial charge < -0.3 is 28.8 Å². The van der Waals surface area contributed by atoms with Gasteiger partial charge in [-0.05, 0) is 41.3 Å². The number of aliphatic carboxylic acids is 1. The van der Waals surface area contributed by atoms with E-state index in [2.05, 4.69) is 6.58 Å². The Bertz CT molecular complexity index is 1340. The molecule has 3 aromatic carbocycles. The molecule has 1 atom stereocenters. The predicted octanol–water partition coefficient (Wildman–Crippen LogP) is 7.11. The van der Waals surface area contributed by atoms with E-state index in [1.807, 2.05) is 0 Å². The van der Waals surface area contributed by atoms with Crippen LogP contribution in [0.1, 0.15) is 40.9 Å². The van der Waals surface area contributed by atoms with Crippen LogP contribution < -0.4 is 9.47 Å². The van der Waals surface area contributed by atoms with Crippen LogP contribution in [0.3, 0.4) is 0 Å². The highest BCUT2D eigenvalue weighted by Gasteiger charge is 2.38. The van der Waals surface area contributed by atoms with Crippen molar-refractivity contribution < 1.29 is 51.1 Å². The molecule has 0 bridgehead atoms. The molecule has 0 aliphatic heterocycles. The first kappa shape index (κ1) is 31.6. The average molecular weight is 579 g/mol. The molecular weight excluding hydrogens is 548 g/mol. The Kier molecular flexibility index (Phi) is 10.9. The zero-order valence-electron chi connectivity index (χ0n) is 22.7. The van der Waals surface area contributed by atoms with Gasteiger partial charge >= 0.3 is 12.1 Å². The van der Waals surface area contributed by atoms with Crippen molar-refractivity contribution in [2.45, 2.75) is 31.4 Å². The Balaban J connectivity index is 1.89. The quantitative estimate of drug-likeness (QED) is 0.124. The summed E-state index contributed by atoms with van der Waals surface area (Å²) in [4.78, 5) is 11.5. The molecule has 3 aromatic rings. The van der Waals surface area contributed by atoms with Crippen molar-refractivity contribution in [1.29, 1.82) is 0 Å². The Morgan fingerprint density at radius 3 is 2.17 bits per heavy atom. The SMILES string of the molecule is C=CCC(C(=O)O)c1ccc(-c2ccc(OCc3ccc(C(F)(F)F)c(OCOC)c3C(OC)OC)c(F)c2)cc1. The normalized spacial score (nSPS) is 12.3. The van der Waals surface area contributed by atoms with Gasteiger partial charge in [0.1, 0.15) is 12.4 Å². The highest BCUT2D eigenvalue weighted by molar-refractivity contribution is 5.77. The first-order valence-electron chi connectivity index (χ1n) is 12.3. The molecule has 1 N–H and O–H groups in total. The second-order valence-corrected chi connectivity index (χ2v) is 8.84. The van der Waals surface area contributed by atoms with Gasteiger partial charge in [0.25, 0.3) is 0 Å². The average Bonchev–Trinajstić information content (AvgIpc) is 2.94. The number of methoxy groups -OCH3 is 3. The molecule has 7 nitrogen and oxygen atoms in total. The van der Waals surface area contributed by atoms with Crippen LogP contribution in [0.4, 0.5) is 17.6 Å². The van der Waals surface area contributed by atoms with Crippen LogP contribution in [-0.2, 0) is 31.8 Å². The van der Waals surface area contributed by atoms with Crippen molar-refractivity contribution in [3.63, 3.8) is 0 Å². The van der Waals surface area contributed by atoms with Crippen LogP contribution in [0.25, 0.3) is 11.1 Å². The Morgan fingerprint density at radius 1 is 0.976 bits per heavy atom. The van der Waals surface area contributed by atoms with E-state index < -0.39 is 48.3 Å². The van der Waals surface area contributed by atoms with E-state index in [4.69, 9.17) is 23.7 Å². The molecule has 0 heterocycles. The Morgan fingerprint density at radius 2 is 1.63 bits per heavy atom. The van der Waals surface area contributed by atoms with E-state index in [1.54, 1.807) is 30.3 Å². The summed E-state index contributed by atoms with van der Waals surface area (Å²) in [7, 11) is 3.78. The molecule has 0 aliphatic rings. The minimum atomic E-state index is -4.75. The van der Waals surface area contributed by atoms with Gasteiger partial charge in [0, 0.05) is 26.9 Å². The lowest BCUT2D eigenvalue weighted by molar-refractivity contribution is -0.141. The van der Waals surface area contributed by atoms with Crippen LogP contribution in [0.2, 0.25) is 0 Å². The summed E-state index contributed by atoms with van der Waals surface area (Å²) in [6, 6.07) is 13.0. The van der Waals surface area contributed by atoms with Gasteiger partial charge in [-0.15, -0.1) is 6.58 Å². The molecule has 0 spiro atoms. The van der Waals surface area contributed by atoms with Gasteiger partial charge in [-0.3, -0.25) is 4.79 Å². The van der Waals surface area contributed by atoms with Gasteiger partial charge in [-0.2, -0.15) is 13.2 Å². The van der Waals surface area contributed by atoms with E-state index in [1.165, 1.54) is 45.6 Å². The van der Waals surface area contributed by atoms with Gasteiger partial charge in [-0.25, -0.2) is 4.39 Å². The molecule has 0 aliphatic carbocycles. The first-order chi connectivity index (χ1) is 19.5. The first-order valence-corrected chi connectivity index (χ1v) is 12.3. The largest absolute Gasteiger partial charge is 0.486 e. The second-order valence-electron chi connectivity index (χ2n) is 8.84. The molecule has 0 saturated carbocycles. The number of carboxylic acids is 1. The number of rotatable bonds is 14. The fourth-order valence-electron chi connectivity index (χ4n) is 4.26. The second kappa shape index (κ2) is 14.1. The summed E-state index contributed by atoms with van der Waals surface area (Å²) in [5, 5.41) is 9.43. The number of allylic oxidation sites excluding steroid dienone is 1. The highest BCUT2D eigenvalue weighted by Crippen LogP contribution is 2.43. The number of benzene rings is 3. The number of hydrogen-bond donors (Lipinski definition) is 1. The monoisotopic (exact) mass is 578 g/mol. The van der Waals surface area contributed by atoms with E-state index in [-0.39, 0.29) is 29.9 Å². The zero-order valence-corrected chi connectivity index (χ0v) is 22.7. The lowest BCUT2D eigenvalue weighted by Gasteiger charge is -2.24. The van der Waals surface area contributed by atoms with E-state index in [0.29, 0.717) is 16.7 Å². The maximum atomic E-state index is 15.1. The molecule has 0 radical (unpaired) electrons. The summed E-state index contributed by atoms with van der Waals surface area (Å²) in [6.07, 6.45) is -4.19. The van der Waals surface area contributed by atoms with Crippen molar-refractivity contribution >= 4 is 5.97 Å². The van der Waals surface area contributed by atoms with Crippen LogP contribution >= 0.6 is 0 Å². The smallest absolute Gasteiger partial charge is 0.419 e. The van der Waals surface area contributed by atoms with Crippen molar-refractivity contribution in [3.05, 3.63) is 95.3 Å². The van der Waals surface area contributed by atoms with Gasteiger partial charge in [0.15, 0.2) is 24.6 Å². The maximum Gasteiger partial charge on any atom is 0.419 e. The Hall–Kier alpha value is -3.93. The van der Waals surface area contributed by atoms with E-state index >= 15 is 4.39 Å². The van der Waals surface area contributed by atoms with Crippen molar-refractivity contribution in [2.75, 3.05) is 28.1 Å². The number of ether oxygens (including phenoxy) is 5. The number of carbonyl (C=O) groups is 1. The standard InChI is InChI=1S/C30H30F4O7/c1-5-6-22(28(35)36)19-9-7-18(8-10-19)20-12-14-25(24(31)15-20)40-16-21-11-13-23(30(32,33)34)27(41-17-37-2)26(21)29(38-3)39-4/h5,7-15,22,29H,1,6,16-17H2,2-4H3,(H,35,36). The molecule has 220 valence electrons. The maximum absolute atomic E-state index is 15.1. The Labute approximate surface area is 234 Å². The van der Waals surface area contributed by atoms with Crippen LogP contribution in [0.5, 0.6) is 11.5 Å². The van der Waals surface area contributed by atoms with Crippen molar-refractivity contribution in [1.82, 2.24) is 0 Å². The summed E-state index contributed by atoms with van der Waals surface area (Å²) < 4.78 is 82.5. The summed E-state index contributed by atoms with van der Waals surface area (Å²) in [5.74, 6) is -3.10. The minimum Gasteiger partial charge on any atom is -0.486 e.